The maximum atomic E-state index is 11.7. The van der Waals surface area contributed by atoms with Crippen molar-refractivity contribution in [2.75, 3.05) is 20.3 Å². The van der Waals surface area contributed by atoms with Gasteiger partial charge >= 0.3 is 0 Å². The van der Waals surface area contributed by atoms with Gasteiger partial charge in [-0.2, -0.15) is 0 Å². The zero-order chi connectivity index (χ0) is 12.7. The lowest BCUT2D eigenvalue weighted by atomic mass is 10.2. The number of benzene rings is 1. The first-order valence-corrected chi connectivity index (χ1v) is 6.83. The van der Waals surface area contributed by atoms with Crippen LogP contribution in [0.4, 0.5) is 0 Å². The monoisotopic (exact) mass is 367 g/mol. The average molecular weight is 368 g/mol. The van der Waals surface area contributed by atoms with Crippen LogP contribution >= 0.6 is 34.2 Å². The standard InChI is InChI=1S/C12H15ClINO2/c1-17-7-3-2-6-15-12(16)9-4-5-11(14)10(13)8-9/h4-5,8H,2-3,6-7H2,1H3,(H,15,16). The molecule has 0 fully saturated rings. The number of methoxy groups -OCH3 is 1. The Balaban J connectivity index is 2.39. The average Bonchev–Trinajstić information content (AvgIpc) is 2.32. The molecule has 0 unspecified atom stereocenters. The minimum absolute atomic E-state index is 0.0827. The van der Waals surface area contributed by atoms with Crippen LogP contribution < -0.4 is 5.32 Å². The Hall–Kier alpha value is -0.330. The molecule has 0 aliphatic carbocycles. The Kier molecular flexibility index (Phi) is 6.84. The van der Waals surface area contributed by atoms with Gasteiger partial charge in [0.25, 0.3) is 5.91 Å². The van der Waals surface area contributed by atoms with E-state index in [4.69, 9.17) is 16.3 Å². The fourth-order valence-corrected chi connectivity index (χ4v) is 1.83. The van der Waals surface area contributed by atoms with Gasteiger partial charge in [0.15, 0.2) is 0 Å². The van der Waals surface area contributed by atoms with E-state index in [2.05, 4.69) is 27.9 Å². The molecule has 1 amide bonds. The molecule has 0 atom stereocenters. The highest BCUT2D eigenvalue weighted by atomic mass is 127. The second-order valence-electron chi connectivity index (χ2n) is 3.58. The molecule has 0 saturated heterocycles. The predicted molar refractivity (Wildman–Crippen MR) is 77.6 cm³/mol. The number of unbranched alkanes of at least 4 members (excludes halogenated alkanes) is 1. The molecule has 0 saturated carbocycles. The third-order valence-corrected chi connectivity index (χ3v) is 3.81. The van der Waals surface area contributed by atoms with E-state index in [1.165, 1.54) is 0 Å². The van der Waals surface area contributed by atoms with Crippen LogP contribution in [0.5, 0.6) is 0 Å². The van der Waals surface area contributed by atoms with Gasteiger partial charge in [0.1, 0.15) is 0 Å². The molecule has 1 rings (SSSR count). The number of ether oxygens (including phenoxy) is 1. The van der Waals surface area contributed by atoms with Crippen LogP contribution in [0.15, 0.2) is 18.2 Å². The number of hydrogen-bond donors (Lipinski definition) is 1. The van der Waals surface area contributed by atoms with Crippen LogP contribution in [0.1, 0.15) is 23.2 Å². The van der Waals surface area contributed by atoms with Gasteiger partial charge in [-0.05, 0) is 53.6 Å². The molecule has 1 N–H and O–H groups in total. The Bertz CT molecular complexity index is 385. The molecule has 1 aromatic carbocycles. The molecule has 0 bridgehead atoms. The molecule has 0 aliphatic rings. The fourth-order valence-electron chi connectivity index (χ4n) is 1.31. The Morgan fingerprint density at radius 3 is 2.88 bits per heavy atom. The number of carbonyl (C=O) groups excluding carboxylic acids is 1. The number of halogens is 2. The van der Waals surface area contributed by atoms with E-state index in [-0.39, 0.29) is 5.91 Å². The first kappa shape index (κ1) is 14.7. The van der Waals surface area contributed by atoms with Crippen LogP contribution in [0.3, 0.4) is 0 Å². The minimum Gasteiger partial charge on any atom is -0.385 e. The van der Waals surface area contributed by atoms with Gasteiger partial charge in [-0.3, -0.25) is 4.79 Å². The molecule has 0 aromatic heterocycles. The molecule has 3 nitrogen and oxygen atoms in total. The molecule has 0 aliphatic heterocycles. The summed E-state index contributed by atoms with van der Waals surface area (Å²) in [4.78, 5) is 11.7. The minimum atomic E-state index is -0.0827. The smallest absolute Gasteiger partial charge is 0.251 e. The Morgan fingerprint density at radius 1 is 1.47 bits per heavy atom. The van der Waals surface area contributed by atoms with Gasteiger partial charge in [-0.1, -0.05) is 11.6 Å². The lowest BCUT2D eigenvalue weighted by Crippen LogP contribution is -2.24. The second kappa shape index (κ2) is 7.89. The first-order chi connectivity index (χ1) is 8.15. The van der Waals surface area contributed by atoms with E-state index in [1.54, 1.807) is 19.2 Å². The molecule has 94 valence electrons. The largest absolute Gasteiger partial charge is 0.385 e. The van der Waals surface area contributed by atoms with Gasteiger partial charge in [0.05, 0.1) is 5.02 Å². The maximum Gasteiger partial charge on any atom is 0.251 e. The number of hydrogen-bond acceptors (Lipinski definition) is 2. The van der Waals surface area contributed by atoms with E-state index < -0.39 is 0 Å². The van der Waals surface area contributed by atoms with E-state index in [9.17, 15) is 4.79 Å². The molecule has 0 spiro atoms. The van der Waals surface area contributed by atoms with Gasteiger partial charge in [0, 0.05) is 29.4 Å². The van der Waals surface area contributed by atoms with Crippen LogP contribution in [0.2, 0.25) is 5.02 Å². The van der Waals surface area contributed by atoms with Gasteiger partial charge in [0.2, 0.25) is 0 Å². The SMILES string of the molecule is COCCCCNC(=O)c1ccc(I)c(Cl)c1. The summed E-state index contributed by atoms with van der Waals surface area (Å²) < 4.78 is 5.88. The normalized spacial score (nSPS) is 10.3. The molecule has 0 radical (unpaired) electrons. The molecule has 17 heavy (non-hydrogen) atoms. The molecule has 1 aromatic rings. The van der Waals surface area contributed by atoms with Crippen molar-refractivity contribution in [3.8, 4) is 0 Å². The van der Waals surface area contributed by atoms with Crippen molar-refractivity contribution in [1.29, 1.82) is 0 Å². The van der Waals surface area contributed by atoms with E-state index >= 15 is 0 Å². The highest BCUT2D eigenvalue weighted by Gasteiger charge is 2.06. The van der Waals surface area contributed by atoms with Crippen LogP contribution in [-0.4, -0.2) is 26.2 Å². The highest BCUT2D eigenvalue weighted by molar-refractivity contribution is 14.1. The van der Waals surface area contributed by atoms with Crippen molar-refractivity contribution in [2.24, 2.45) is 0 Å². The summed E-state index contributed by atoms with van der Waals surface area (Å²) >= 11 is 8.09. The topological polar surface area (TPSA) is 38.3 Å². The van der Waals surface area contributed by atoms with Crippen molar-refractivity contribution in [1.82, 2.24) is 5.32 Å². The van der Waals surface area contributed by atoms with Crippen LogP contribution in [0.25, 0.3) is 0 Å². The van der Waals surface area contributed by atoms with Crippen molar-refractivity contribution < 1.29 is 9.53 Å². The van der Waals surface area contributed by atoms with E-state index in [0.717, 1.165) is 23.0 Å². The van der Waals surface area contributed by atoms with Crippen LogP contribution in [0, 0.1) is 3.57 Å². The van der Waals surface area contributed by atoms with Crippen molar-refractivity contribution in [2.45, 2.75) is 12.8 Å². The summed E-state index contributed by atoms with van der Waals surface area (Å²) in [5.74, 6) is -0.0827. The van der Waals surface area contributed by atoms with Gasteiger partial charge in [-0.15, -0.1) is 0 Å². The molecular formula is C12H15ClINO2. The summed E-state index contributed by atoms with van der Waals surface area (Å²) in [5.41, 5.74) is 0.599. The zero-order valence-corrected chi connectivity index (χ0v) is 12.5. The fraction of sp³-hybridized carbons (Fsp3) is 0.417. The number of amides is 1. The summed E-state index contributed by atoms with van der Waals surface area (Å²) in [5, 5.41) is 3.46. The lowest BCUT2D eigenvalue weighted by molar-refractivity contribution is 0.0951. The Morgan fingerprint density at radius 2 is 2.24 bits per heavy atom. The van der Waals surface area contributed by atoms with Crippen molar-refractivity contribution in [3.63, 3.8) is 0 Å². The molecular weight excluding hydrogens is 352 g/mol. The second-order valence-corrected chi connectivity index (χ2v) is 5.15. The molecule has 0 heterocycles. The summed E-state index contributed by atoms with van der Waals surface area (Å²) in [6.07, 6.45) is 1.86. The third-order valence-electron chi connectivity index (χ3n) is 2.24. The summed E-state index contributed by atoms with van der Waals surface area (Å²) in [6.45, 7) is 1.39. The van der Waals surface area contributed by atoms with Gasteiger partial charge in [-0.25, -0.2) is 0 Å². The highest BCUT2D eigenvalue weighted by Crippen LogP contribution is 2.19. The van der Waals surface area contributed by atoms with Crippen molar-refractivity contribution in [3.05, 3.63) is 32.4 Å². The van der Waals surface area contributed by atoms with E-state index in [0.29, 0.717) is 17.1 Å². The quantitative estimate of drug-likeness (QED) is 0.620. The van der Waals surface area contributed by atoms with Crippen LogP contribution in [-0.2, 0) is 4.74 Å². The maximum absolute atomic E-state index is 11.7. The third kappa shape index (κ3) is 5.23. The van der Waals surface area contributed by atoms with E-state index in [1.807, 2.05) is 6.07 Å². The number of nitrogens with one attached hydrogen (secondary N) is 1. The predicted octanol–water partition coefficient (Wildman–Crippen LogP) is 3.10. The van der Waals surface area contributed by atoms with Crippen molar-refractivity contribution >= 4 is 40.1 Å². The first-order valence-electron chi connectivity index (χ1n) is 5.37. The van der Waals surface area contributed by atoms with Gasteiger partial charge < -0.3 is 10.1 Å². The number of rotatable bonds is 6. The summed E-state index contributed by atoms with van der Waals surface area (Å²) in [7, 11) is 1.67. The molecule has 5 heteroatoms. The summed E-state index contributed by atoms with van der Waals surface area (Å²) in [6, 6.07) is 5.30. The lowest BCUT2D eigenvalue weighted by Gasteiger charge is -2.06. The Labute approximate surface area is 120 Å². The zero-order valence-electron chi connectivity index (χ0n) is 9.63. The number of carbonyl (C=O) groups is 1.